The Balaban J connectivity index is 1.71. The Morgan fingerprint density at radius 2 is 2.03 bits per heavy atom. The number of nitriles is 1. The van der Waals surface area contributed by atoms with Crippen LogP contribution in [0.5, 0.6) is 5.75 Å². The number of aromatic amines is 1. The molecule has 0 amide bonds. The Labute approximate surface area is 180 Å². The van der Waals surface area contributed by atoms with E-state index in [1.807, 2.05) is 12.1 Å². The van der Waals surface area contributed by atoms with Gasteiger partial charge in [-0.2, -0.15) is 18.4 Å². The Bertz CT molecular complexity index is 1300. The van der Waals surface area contributed by atoms with E-state index in [-0.39, 0.29) is 29.3 Å². The fraction of sp³-hybridized carbons (Fsp3) is 0.182. The van der Waals surface area contributed by atoms with Crippen molar-refractivity contribution in [2.45, 2.75) is 19.6 Å². The zero-order valence-electron chi connectivity index (χ0n) is 16.9. The lowest BCUT2D eigenvalue weighted by Crippen LogP contribution is -2.09. The number of imidazole rings is 1. The number of aromatic nitrogens is 4. The van der Waals surface area contributed by atoms with Crippen molar-refractivity contribution in [1.29, 1.82) is 5.26 Å². The lowest BCUT2D eigenvalue weighted by molar-refractivity contribution is -0.138. The maximum Gasteiger partial charge on any atom is 0.419 e. The Hall–Kier alpha value is -4.13. The quantitative estimate of drug-likeness (QED) is 0.443. The van der Waals surface area contributed by atoms with Crippen molar-refractivity contribution in [2.24, 2.45) is 0 Å². The van der Waals surface area contributed by atoms with E-state index in [1.165, 1.54) is 12.1 Å². The van der Waals surface area contributed by atoms with Crippen LogP contribution in [0.4, 0.5) is 18.9 Å². The van der Waals surface area contributed by atoms with Crippen molar-refractivity contribution in [3.05, 3.63) is 65.9 Å². The molecule has 0 unspecified atom stereocenters. The molecule has 7 nitrogen and oxygen atoms in total. The van der Waals surface area contributed by atoms with Crippen molar-refractivity contribution in [1.82, 2.24) is 19.9 Å². The monoisotopic (exact) mass is 438 g/mol. The zero-order chi connectivity index (χ0) is 22.7. The molecule has 1 aromatic carbocycles. The molecule has 0 aliphatic heterocycles. The minimum absolute atomic E-state index is 0.0174. The first-order chi connectivity index (χ1) is 15.4. The first-order valence-corrected chi connectivity index (χ1v) is 9.67. The van der Waals surface area contributed by atoms with E-state index in [1.54, 1.807) is 31.5 Å². The summed E-state index contributed by atoms with van der Waals surface area (Å²) in [5.74, 6) is 0.289. The average Bonchev–Trinajstić information content (AvgIpc) is 3.20. The Morgan fingerprint density at radius 1 is 1.19 bits per heavy atom. The lowest BCUT2D eigenvalue weighted by atomic mass is 10.1. The smallest absolute Gasteiger partial charge is 0.419 e. The van der Waals surface area contributed by atoms with Crippen LogP contribution in [-0.4, -0.2) is 26.5 Å². The third kappa shape index (κ3) is 4.32. The zero-order valence-corrected chi connectivity index (χ0v) is 16.9. The third-order valence-electron chi connectivity index (χ3n) is 4.63. The molecule has 4 aromatic rings. The number of nitrogens with one attached hydrogen (secondary N) is 2. The van der Waals surface area contributed by atoms with Crippen molar-refractivity contribution < 1.29 is 17.9 Å². The summed E-state index contributed by atoms with van der Waals surface area (Å²) in [5.41, 5.74) is 1.19. The molecule has 32 heavy (non-hydrogen) atoms. The van der Waals surface area contributed by atoms with E-state index in [4.69, 9.17) is 4.74 Å². The highest BCUT2D eigenvalue weighted by Gasteiger charge is 2.35. The van der Waals surface area contributed by atoms with E-state index >= 15 is 0 Å². The van der Waals surface area contributed by atoms with Crippen molar-refractivity contribution >= 4 is 16.7 Å². The van der Waals surface area contributed by atoms with Gasteiger partial charge in [0.15, 0.2) is 5.69 Å². The molecule has 0 saturated heterocycles. The molecular weight excluding hydrogens is 421 g/mol. The number of pyridine rings is 2. The van der Waals surface area contributed by atoms with Gasteiger partial charge in [0.1, 0.15) is 23.2 Å². The van der Waals surface area contributed by atoms with Crippen molar-refractivity contribution in [2.75, 3.05) is 11.9 Å². The predicted octanol–water partition coefficient (Wildman–Crippen LogP) is 4.92. The molecule has 0 fully saturated rings. The SMILES string of the molecule is CCOc1ccc(-c2cc3[nH]c(CNc4cccnc4)nc3c(C#N)n2)cc1C(F)(F)F. The minimum Gasteiger partial charge on any atom is -0.493 e. The molecule has 0 saturated carbocycles. The van der Waals surface area contributed by atoms with Crippen LogP contribution in [-0.2, 0) is 12.7 Å². The van der Waals surface area contributed by atoms with Gasteiger partial charge in [0, 0.05) is 18.0 Å². The van der Waals surface area contributed by atoms with Crippen molar-refractivity contribution in [3.8, 4) is 23.1 Å². The number of anilines is 1. The number of hydrogen-bond donors (Lipinski definition) is 2. The maximum absolute atomic E-state index is 13.5. The molecular formula is C22H17F3N6O. The van der Waals surface area contributed by atoms with E-state index in [0.29, 0.717) is 23.4 Å². The van der Waals surface area contributed by atoms with Gasteiger partial charge < -0.3 is 15.0 Å². The van der Waals surface area contributed by atoms with Crippen LogP contribution in [0.2, 0.25) is 0 Å². The van der Waals surface area contributed by atoms with Gasteiger partial charge >= 0.3 is 6.18 Å². The van der Waals surface area contributed by atoms with Crippen LogP contribution in [0.25, 0.3) is 22.3 Å². The third-order valence-corrected chi connectivity index (χ3v) is 4.63. The highest BCUT2D eigenvalue weighted by Crippen LogP contribution is 2.39. The summed E-state index contributed by atoms with van der Waals surface area (Å²) < 4.78 is 45.7. The molecule has 10 heteroatoms. The second-order valence-corrected chi connectivity index (χ2v) is 6.78. The number of fused-ring (bicyclic) bond motifs is 1. The van der Waals surface area contributed by atoms with Gasteiger partial charge in [0.2, 0.25) is 0 Å². The second-order valence-electron chi connectivity index (χ2n) is 6.78. The molecule has 3 aromatic heterocycles. The normalized spacial score (nSPS) is 11.3. The number of alkyl halides is 3. The number of nitrogens with zero attached hydrogens (tertiary/aromatic N) is 4. The number of halogens is 3. The van der Waals surface area contributed by atoms with E-state index in [0.717, 1.165) is 11.8 Å². The standard InChI is InChI=1S/C22H17F3N6O/c1-2-32-19-6-5-13(8-15(19)22(23,24)25)16-9-17-21(18(10-26)29-16)31-20(30-17)12-28-14-4-3-7-27-11-14/h3-9,11,28H,2,12H2,1H3,(H,30,31). The van der Waals surface area contributed by atoms with Crippen LogP contribution < -0.4 is 10.1 Å². The van der Waals surface area contributed by atoms with Gasteiger partial charge in [-0.25, -0.2) is 9.97 Å². The number of rotatable bonds is 6. The summed E-state index contributed by atoms with van der Waals surface area (Å²) >= 11 is 0. The number of H-pyrrole nitrogens is 1. The topological polar surface area (TPSA) is 99.5 Å². The number of ether oxygens (including phenoxy) is 1. The van der Waals surface area contributed by atoms with Crippen molar-refractivity contribution in [3.63, 3.8) is 0 Å². The molecule has 0 atom stereocenters. The van der Waals surface area contributed by atoms with Gasteiger partial charge in [-0.05, 0) is 43.3 Å². The molecule has 2 N–H and O–H groups in total. The van der Waals surface area contributed by atoms with Crippen LogP contribution >= 0.6 is 0 Å². The van der Waals surface area contributed by atoms with Gasteiger partial charge in [-0.1, -0.05) is 0 Å². The summed E-state index contributed by atoms with van der Waals surface area (Å²) in [4.78, 5) is 15.8. The van der Waals surface area contributed by atoms with Gasteiger partial charge in [-0.3, -0.25) is 4.98 Å². The Kier molecular flexibility index (Phi) is 5.64. The molecule has 4 rings (SSSR count). The summed E-state index contributed by atoms with van der Waals surface area (Å²) in [6.07, 6.45) is -1.28. The number of hydrogen-bond acceptors (Lipinski definition) is 6. The number of benzene rings is 1. The lowest BCUT2D eigenvalue weighted by Gasteiger charge is -2.14. The van der Waals surface area contributed by atoms with E-state index in [2.05, 4.69) is 25.3 Å². The second kappa shape index (κ2) is 8.55. The van der Waals surface area contributed by atoms with Crippen LogP contribution in [0, 0.1) is 11.3 Å². The predicted molar refractivity (Wildman–Crippen MR) is 112 cm³/mol. The molecule has 3 heterocycles. The van der Waals surface area contributed by atoms with E-state index in [9.17, 15) is 18.4 Å². The highest BCUT2D eigenvalue weighted by atomic mass is 19.4. The first-order valence-electron chi connectivity index (χ1n) is 9.67. The molecule has 162 valence electrons. The largest absolute Gasteiger partial charge is 0.493 e. The molecule has 0 spiro atoms. The summed E-state index contributed by atoms with van der Waals surface area (Å²) in [6.45, 7) is 2.05. The minimum atomic E-state index is -4.60. The molecule has 0 bridgehead atoms. The maximum atomic E-state index is 13.5. The van der Waals surface area contributed by atoms with E-state index < -0.39 is 11.7 Å². The van der Waals surface area contributed by atoms with Crippen LogP contribution in [0.15, 0.2) is 48.8 Å². The fourth-order valence-corrected chi connectivity index (χ4v) is 3.22. The molecule has 0 radical (unpaired) electrons. The van der Waals surface area contributed by atoms with Crippen LogP contribution in [0.1, 0.15) is 24.0 Å². The fourth-order valence-electron chi connectivity index (χ4n) is 3.22. The summed E-state index contributed by atoms with van der Waals surface area (Å²) in [6, 6.07) is 10.9. The van der Waals surface area contributed by atoms with Crippen LogP contribution in [0.3, 0.4) is 0 Å². The summed E-state index contributed by atoms with van der Waals surface area (Å²) in [5, 5.41) is 12.7. The molecule has 0 aliphatic carbocycles. The van der Waals surface area contributed by atoms with Gasteiger partial charge in [-0.15, -0.1) is 0 Å². The average molecular weight is 438 g/mol. The van der Waals surface area contributed by atoms with Gasteiger partial charge in [0.05, 0.1) is 35.6 Å². The molecule has 0 aliphatic rings. The van der Waals surface area contributed by atoms with Gasteiger partial charge in [0.25, 0.3) is 0 Å². The highest BCUT2D eigenvalue weighted by molar-refractivity contribution is 5.84. The first kappa shape index (κ1) is 21.1. The summed E-state index contributed by atoms with van der Waals surface area (Å²) in [7, 11) is 0. The Morgan fingerprint density at radius 3 is 2.72 bits per heavy atom.